The van der Waals surface area contributed by atoms with E-state index in [9.17, 15) is 23.1 Å². The van der Waals surface area contributed by atoms with Crippen molar-refractivity contribution in [3.05, 3.63) is 59.7 Å². The van der Waals surface area contributed by atoms with Gasteiger partial charge in [0, 0.05) is 37.4 Å². The monoisotopic (exact) mass is 473 g/mol. The highest BCUT2D eigenvalue weighted by Crippen LogP contribution is 2.18. The van der Waals surface area contributed by atoms with Gasteiger partial charge in [-0.2, -0.15) is 4.31 Å². The highest BCUT2D eigenvalue weighted by atomic mass is 32.2. The van der Waals surface area contributed by atoms with Crippen molar-refractivity contribution < 1.29 is 23.1 Å². The predicted octanol–water partition coefficient (Wildman–Crippen LogP) is 2.50. The number of nitrogens with zero attached hydrogens (tertiary/aromatic N) is 2. The number of anilines is 1. The van der Waals surface area contributed by atoms with Crippen LogP contribution in [0.15, 0.2) is 53.4 Å². The van der Waals surface area contributed by atoms with Crippen molar-refractivity contribution >= 4 is 27.5 Å². The zero-order chi connectivity index (χ0) is 24.0. The van der Waals surface area contributed by atoms with Gasteiger partial charge in [0.15, 0.2) is 0 Å². The summed E-state index contributed by atoms with van der Waals surface area (Å²) in [7, 11) is -3.57. The predicted molar refractivity (Wildman–Crippen MR) is 126 cm³/mol. The molecule has 0 aromatic heterocycles. The Balaban J connectivity index is 1.59. The molecule has 178 valence electrons. The average Bonchev–Trinajstić information content (AvgIpc) is 2.81. The summed E-state index contributed by atoms with van der Waals surface area (Å²) in [4.78, 5) is 26.9. The quantitative estimate of drug-likeness (QED) is 0.613. The second-order valence-electron chi connectivity index (χ2n) is 8.05. The summed E-state index contributed by atoms with van der Waals surface area (Å²) in [5.74, 6) is -0.323. The number of nitrogens with one attached hydrogen (secondary N) is 1. The van der Waals surface area contributed by atoms with E-state index in [-0.39, 0.29) is 29.2 Å². The van der Waals surface area contributed by atoms with Gasteiger partial charge in [0.2, 0.25) is 15.9 Å². The van der Waals surface area contributed by atoms with E-state index in [4.69, 9.17) is 0 Å². The lowest BCUT2D eigenvalue weighted by atomic mass is 10.1. The van der Waals surface area contributed by atoms with Crippen molar-refractivity contribution in [1.82, 2.24) is 9.21 Å². The number of carbonyl (C=O) groups excluding carboxylic acids is 2. The molecule has 2 amide bonds. The molecule has 0 aliphatic carbocycles. The number of piperidine rings is 1. The number of likely N-dealkylation sites (tertiary alicyclic amines) is 1. The molecule has 0 bridgehead atoms. The highest BCUT2D eigenvalue weighted by Gasteiger charge is 2.22. The summed E-state index contributed by atoms with van der Waals surface area (Å²) in [5.41, 5.74) is 1.77. The summed E-state index contributed by atoms with van der Waals surface area (Å²) in [5, 5.41) is 12.4. The van der Waals surface area contributed by atoms with E-state index in [1.807, 2.05) is 0 Å². The van der Waals surface area contributed by atoms with Crippen LogP contribution in [0, 0.1) is 0 Å². The van der Waals surface area contributed by atoms with E-state index in [1.165, 1.54) is 28.6 Å². The van der Waals surface area contributed by atoms with Gasteiger partial charge in [-0.05, 0) is 54.8 Å². The lowest BCUT2D eigenvalue weighted by Gasteiger charge is -2.29. The Morgan fingerprint density at radius 2 is 1.58 bits per heavy atom. The molecule has 2 aromatic rings. The van der Waals surface area contributed by atoms with Crippen LogP contribution in [0.4, 0.5) is 5.69 Å². The summed E-state index contributed by atoms with van der Waals surface area (Å²) in [6.45, 7) is 5.46. The number of sulfonamides is 1. The molecule has 0 spiro atoms. The second kappa shape index (κ2) is 10.9. The van der Waals surface area contributed by atoms with Crippen LogP contribution in [0.1, 0.15) is 42.6 Å². The van der Waals surface area contributed by atoms with Gasteiger partial charge in [0.1, 0.15) is 0 Å². The van der Waals surface area contributed by atoms with E-state index >= 15 is 0 Å². The standard InChI is InChI=1S/C24H31N3O5S/c1-3-27(4-2)33(31,32)22-11-7-19(8-12-22)24(30)25-20-9-5-18(6-10-20)17-23(29)26-15-13-21(28)14-16-26/h5-12,21,28H,3-4,13-17H2,1-2H3,(H,25,30). The number of rotatable bonds is 8. The molecule has 0 radical (unpaired) electrons. The van der Waals surface area contributed by atoms with Crippen LogP contribution >= 0.6 is 0 Å². The third kappa shape index (κ3) is 6.19. The minimum absolute atomic E-state index is 0.0263. The molecule has 2 aromatic carbocycles. The van der Waals surface area contributed by atoms with Crippen molar-refractivity contribution in [2.45, 2.75) is 44.1 Å². The summed E-state index contributed by atoms with van der Waals surface area (Å²) < 4.78 is 26.5. The first-order chi connectivity index (χ1) is 15.7. The summed E-state index contributed by atoms with van der Waals surface area (Å²) >= 11 is 0. The Morgan fingerprint density at radius 3 is 2.12 bits per heavy atom. The molecule has 1 aliphatic rings. The first-order valence-electron chi connectivity index (χ1n) is 11.2. The van der Waals surface area contributed by atoms with Crippen molar-refractivity contribution in [1.29, 1.82) is 0 Å². The normalized spacial score (nSPS) is 15.0. The molecule has 1 saturated heterocycles. The van der Waals surface area contributed by atoms with Gasteiger partial charge in [-0.25, -0.2) is 8.42 Å². The van der Waals surface area contributed by atoms with Gasteiger partial charge >= 0.3 is 0 Å². The number of hydrogen-bond donors (Lipinski definition) is 2. The minimum Gasteiger partial charge on any atom is -0.393 e. The fraction of sp³-hybridized carbons (Fsp3) is 0.417. The largest absolute Gasteiger partial charge is 0.393 e. The number of aliphatic hydroxyl groups is 1. The molecule has 1 fully saturated rings. The number of amides is 2. The van der Waals surface area contributed by atoms with Crippen LogP contribution in [-0.4, -0.2) is 66.8 Å². The molecule has 3 rings (SSSR count). The van der Waals surface area contributed by atoms with Crippen LogP contribution < -0.4 is 5.32 Å². The summed E-state index contributed by atoms with van der Waals surface area (Å²) in [6.07, 6.45) is 1.17. The molecule has 0 atom stereocenters. The van der Waals surface area contributed by atoms with Gasteiger partial charge in [0.25, 0.3) is 5.91 Å². The van der Waals surface area contributed by atoms with Gasteiger partial charge in [-0.1, -0.05) is 26.0 Å². The maximum absolute atomic E-state index is 12.6. The van der Waals surface area contributed by atoms with Crippen LogP contribution in [0.3, 0.4) is 0 Å². The molecule has 33 heavy (non-hydrogen) atoms. The molecule has 0 saturated carbocycles. The first-order valence-corrected chi connectivity index (χ1v) is 12.6. The van der Waals surface area contributed by atoms with Crippen molar-refractivity contribution in [2.75, 3.05) is 31.5 Å². The fourth-order valence-electron chi connectivity index (χ4n) is 3.80. The Hall–Kier alpha value is -2.75. The Labute approximate surface area is 195 Å². The Morgan fingerprint density at radius 1 is 1.00 bits per heavy atom. The molecule has 0 unspecified atom stereocenters. The third-order valence-electron chi connectivity index (χ3n) is 5.84. The Kier molecular flexibility index (Phi) is 8.23. The van der Waals surface area contributed by atoms with Crippen LogP contribution in [0.5, 0.6) is 0 Å². The lowest BCUT2D eigenvalue weighted by Crippen LogP contribution is -2.40. The number of carbonyl (C=O) groups is 2. The lowest BCUT2D eigenvalue weighted by molar-refractivity contribution is -0.132. The minimum atomic E-state index is -3.57. The van der Waals surface area contributed by atoms with Crippen molar-refractivity contribution in [2.24, 2.45) is 0 Å². The van der Waals surface area contributed by atoms with Crippen LogP contribution in [-0.2, 0) is 21.2 Å². The maximum Gasteiger partial charge on any atom is 0.255 e. The van der Waals surface area contributed by atoms with Crippen molar-refractivity contribution in [3.63, 3.8) is 0 Å². The SMILES string of the molecule is CCN(CC)S(=O)(=O)c1ccc(C(=O)Nc2ccc(CC(=O)N3CCC(O)CC3)cc2)cc1. The zero-order valence-corrected chi connectivity index (χ0v) is 19.8. The first kappa shape index (κ1) is 24.9. The van der Waals surface area contributed by atoms with Crippen LogP contribution in [0.25, 0.3) is 0 Å². The smallest absolute Gasteiger partial charge is 0.255 e. The number of hydrogen-bond acceptors (Lipinski definition) is 5. The second-order valence-corrected chi connectivity index (χ2v) is 9.99. The van der Waals surface area contributed by atoms with E-state index in [2.05, 4.69) is 5.32 Å². The number of benzene rings is 2. The Bertz CT molecular complexity index is 1060. The molecular weight excluding hydrogens is 442 g/mol. The molecule has 1 heterocycles. The average molecular weight is 474 g/mol. The summed E-state index contributed by atoms with van der Waals surface area (Å²) in [6, 6.07) is 12.9. The van der Waals surface area contributed by atoms with Crippen molar-refractivity contribution in [3.8, 4) is 0 Å². The van der Waals surface area contributed by atoms with E-state index in [0.717, 1.165) is 5.56 Å². The van der Waals surface area contributed by atoms with Crippen LogP contribution in [0.2, 0.25) is 0 Å². The molecule has 2 N–H and O–H groups in total. The van der Waals surface area contributed by atoms with E-state index in [1.54, 1.807) is 43.0 Å². The maximum atomic E-state index is 12.6. The van der Waals surface area contributed by atoms with Gasteiger partial charge in [-0.3, -0.25) is 9.59 Å². The van der Waals surface area contributed by atoms with E-state index < -0.39 is 10.0 Å². The topological polar surface area (TPSA) is 107 Å². The molecule has 1 aliphatic heterocycles. The fourth-order valence-corrected chi connectivity index (χ4v) is 5.26. The van der Waals surface area contributed by atoms with Gasteiger partial charge in [0.05, 0.1) is 17.4 Å². The molecular formula is C24H31N3O5S. The van der Waals surface area contributed by atoms with Gasteiger partial charge < -0.3 is 15.3 Å². The number of aliphatic hydroxyl groups excluding tert-OH is 1. The van der Waals surface area contributed by atoms with Gasteiger partial charge in [-0.15, -0.1) is 0 Å². The van der Waals surface area contributed by atoms with E-state index in [0.29, 0.717) is 50.3 Å². The third-order valence-corrected chi connectivity index (χ3v) is 7.91. The highest BCUT2D eigenvalue weighted by molar-refractivity contribution is 7.89. The molecule has 9 heteroatoms. The molecule has 8 nitrogen and oxygen atoms in total. The zero-order valence-electron chi connectivity index (χ0n) is 19.0.